The Morgan fingerprint density at radius 1 is 0.941 bits per heavy atom. The third kappa shape index (κ3) is 6.83. The highest BCUT2D eigenvalue weighted by molar-refractivity contribution is 8.13. The van der Waals surface area contributed by atoms with Crippen molar-refractivity contribution in [1.82, 2.24) is 0 Å². The molecule has 1 aliphatic carbocycles. The minimum atomic E-state index is 0.234. The van der Waals surface area contributed by atoms with Crippen molar-refractivity contribution in [3.05, 3.63) is 0 Å². The molecule has 0 heterocycles. The Kier molecular flexibility index (Phi) is 6.80. The van der Waals surface area contributed by atoms with Gasteiger partial charge in [-0.2, -0.15) is 0 Å². The molecule has 6 heteroatoms. The predicted octanol–water partition coefficient (Wildman–Crippen LogP) is 2.44. The average Bonchev–Trinajstić information content (AvgIpc) is 2.17. The van der Waals surface area contributed by atoms with E-state index >= 15 is 0 Å². The minimum absolute atomic E-state index is 0.234. The summed E-state index contributed by atoms with van der Waals surface area (Å²) in [7, 11) is 0. The summed E-state index contributed by atoms with van der Waals surface area (Å²) in [6, 6.07) is 0. The molecular weight excluding hydrogens is 252 g/mol. The monoisotopic (exact) mass is 274 g/mol. The van der Waals surface area contributed by atoms with Crippen LogP contribution >= 0.6 is 23.5 Å². The van der Waals surface area contributed by atoms with E-state index < -0.39 is 0 Å². The number of amidine groups is 2. The lowest BCUT2D eigenvalue weighted by Gasteiger charge is -2.35. The highest BCUT2D eigenvalue weighted by atomic mass is 32.2. The van der Waals surface area contributed by atoms with Crippen molar-refractivity contribution in [2.24, 2.45) is 23.3 Å². The zero-order valence-corrected chi connectivity index (χ0v) is 11.7. The van der Waals surface area contributed by atoms with Crippen molar-refractivity contribution < 1.29 is 0 Å². The van der Waals surface area contributed by atoms with Gasteiger partial charge >= 0.3 is 0 Å². The van der Waals surface area contributed by atoms with Crippen LogP contribution in [-0.4, -0.2) is 21.8 Å². The third-order valence-electron chi connectivity index (χ3n) is 3.13. The van der Waals surface area contributed by atoms with Gasteiger partial charge in [-0.1, -0.05) is 23.5 Å². The van der Waals surface area contributed by atoms with Gasteiger partial charge in [-0.25, -0.2) is 0 Å². The molecule has 0 radical (unpaired) electrons. The molecular formula is C11H22N4S2. The normalized spacial score (nSPS) is 23.1. The quantitative estimate of drug-likeness (QED) is 0.325. The first-order valence-electron chi connectivity index (χ1n) is 6.01. The van der Waals surface area contributed by atoms with E-state index in [0.29, 0.717) is 0 Å². The lowest BCUT2D eigenvalue weighted by molar-refractivity contribution is 0.177. The van der Waals surface area contributed by atoms with Crippen LogP contribution in [0.4, 0.5) is 0 Å². The highest BCUT2D eigenvalue weighted by Gasteiger charge is 2.27. The maximum atomic E-state index is 7.11. The molecule has 1 saturated carbocycles. The number of nitrogens with two attached hydrogens (primary N) is 2. The summed E-state index contributed by atoms with van der Waals surface area (Å²) in [6.07, 6.45) is 6.32. The van der Waals surface area contributed by atoms with Gasteiger partial charge in [0.15, 0.2) is 10.3 Å². The summed E-state index contributed by atoms with van der Waals surface area (Å²) in [6.45, 7) is 0. The maximum absolute atomic E-state index is 7.11. The zero-order valence-electron chi connectivity index (χ0n) is 10.1. The Hall–Kier alpha value is -0.360. The Morgan fingerprint density at radius 3 is 2.06 bits per heavy atom. The Bertz CT molecular complexity index is 264. The summed E-state index contributed by atoms with van der Waals surface area (Å²) in [5, 5.41) is 14.7. The summed E-state index contributed by atoms with van der Waals surface area (Å²) >= 11 is 2.90. The van der Waals surface area contributed by atoms with Crippen LogP contribution in [0.2, 0.25) is 0 Å². The average molecular weight is 274 g/mol. The SMILES string of the molecule is N=C(N)SCCCC1CC(CCSC(=N)N)C1. The Morgan fingerprint density at radius 2 is 1.47 bits per heavy atom. The van der Waals surface area contributed by atoms with Gasteiger partial charge in [-0.3, -0.25) is 10.8 Å². The van der Waals surface area contributed by atoms with E-state index in [4.69, 9.17) is 22.3 Å². The fraction of sp³-hybridized carbons (Fsp3) is 0.818. The fourth-order valence-corrected chi connectivity index (χ4v) is 3.44. The zero-order chi connectivity index (χ0) is 12.7. The Labute approximate surface area is 112 Å². The van der Waals surface area contributed by atoms with Crippen molar-refractivity contribution in [1.29, 1.82) is 10.8 Å². The van der Waals surface area contributed by atoms with Crippen molar-refractivity contribution >= 4 is 33.9 Å². The van der Waals surface area contributed by atoms with Gasteiger partial charge in [0.25, 0.3) is 0 Å². The first-order chi connectivity index (χ1) is 8.08. The second kappa shape index (κ2) is 7.87. The lowest BCUT2D eigenvalue weighted by atomic mass is 9.72. The van der Waals surface area contributed by atoms with Gasteiger partial charge in [0.1, 0.15) is 0 Å². The van der Waals surface area contributed by atoms with Crippen molar-refractivity contribution in [3.8, 4) is 0 Å². The van der Waals surface area contributed by atoms with Gasteiger partial charge in [0.2, 0.25) is 0 Å². The van der Waals surface area contributed by atoms with E-state index in [1.54, 1.807) is 0 Å². The molecule has 98 valence electrons. The van der Waals surface area contributed by atoms with Crippen LogP contribution in [0, 0.1) is 22.7 Å². The van der Waals surface area contributed by atoms with Crippen molar-refractivity contribution in [2.75, 3.05) is 11.5 Å². The Balaban J connectivity index is 1.89. The molecule has 0 aromatic rings. The fourth-order valence-electron chi connectivity index (χ4n) is 2.23. The van der Waals surface area contributed by atoms with E-state index in [2.05, 4.69) is 0 Å². The molecule has 1 fully saturated rings. The molecule has 0 amide bonds. The molecule has 0 aromatic carbocycles. The summed E-state index contributed by atoms with van der Waals surface area (Å²) < 4.78 is 0. The summed E-state index contributed by atoms with van der Waals surface area (Å²) in [5.74, 6) is 3.71. The largest absolute Gasteiger partial charge is 0.379 e. The molecule has 0 aliphatic heterocycles. The summed E-state index contributed by atoms with van der Waals surface area (Å²) in [4.78, 5) is 0. The van der Waals surface area contributed by atoms with Crippen molar-refractivity contribution in [2.45, 2.75) is 32.1 Å². The van der Waals surface area contributed by atoms with E-state index in [9.17, 15) is 0 Å². The predicted molar refractivity (Wildman–Crippen MR) is 78.8 cm³/mol. The molecule has 1 rings (SSSR count). The lowest BCUT2D eigenvalue weighted by Crippen LogP contribution is -2.24. The van der Waals surface area contributed by atoms with E-state index in [1.165, 1.54) is 55.6 Å². The number of hydrogen-bond donors (Lipinski definition) is 4. The molecule has 1 aliphatic rings. The van der Waals surface area contributed by atoms with Crippen LogP contribution in [0.1, 0.15) is 32.1 Å². The highest BCUT2D eigenvalue weighted by Crippen LogP contribution is 2.39. The second-order valence-corrected chi connectivity index (χ2v) is 6.83. The van der Waals surface area contributed by atoms with Crippen LogP contribution in [0.15, 0.2) is 0 Å². The van der Waals surface area contributed by atoms with Crippen LogP contribution in [0.3, 0.4) is 0 Å². The van der Waals surface area contributed by atoms with Crippen molar-refractivity contribution in [3.63, 3.8) is 0 Å². The molecule has 0 spiro atoms. The molecule has 6 N–H and O–H groups in total. The molecule has 0 atom stereocenters. The number of rotatable bonds is 7. The molecule has 0 unspecified atom stereocenters. The standard InChI is InChI=1S/C11H22N4S2/c12-10(13)16-4-1-2-8-6-9(7-8)3-5-17-11(14)15/h8-9H,1-7H2,(H3,12,13)(H3,14,15). The topological polar surface area (TPSA) is 99.7 Å². The van der Waals surface area contributed by atoms with Crippen LogP contribution in [0.5, 0.6) is 0 Å². The molecule has 0 aromatic heterocycles. The molecule has 0 bridgehead atoms. The van der Waals surface area contributed by atoms with E-state index in [0.717, 1.165) is 23.3 Å². The number of hydrogen-bond acceptors (Lipinski definition) is 4. The van der Waals surface area contributed by atoms with Gasteiger partial charge < -0.3 is 11.5 Å². The van der Waals surface area contributed by atoms with Crippen LogP contribution in [-0.2, 0) is 0 Å². The number of nitrogens with one attached hydrogen (secondary N) is 2. The van der Waals surface area contributed by atoms with Gasteiger partial charge in [-0.15, -0.1) is 0 Å². The smallest absolute Gasteiger partial charge is 0.151 e. The molecule has 0 saturated heterocycles. The maximum Gasteiger partial charge on any atom is 0.151 e. The minimum Gasteiger partial charge on any atom is -0.379 e. The van der Waals surface area contributed by atoms with E-state index in [-0.39, 0.29) is 10.3 Å². The second-order valence-electron chi connectivity index (χ2n) is 4.56. The summed E-state index contributed by atoms with van der Waals surface area (Å²) in [5.41, 5.74) is 10.6. The molecule has 4 nitrogen and oxygen atoms in total. The van der Waals surface area contributed by atoms with Crippen LogP contribution < -0.4 is 11.5 Å². The van der Waals surface area contributed by atoms with Gasteiger partial charge in [-0.05, 0) is 43.9 Å². The number of thioether (sulfide) groups is 2. The van der Waals surface area contributed by atoms with E-state index in [1.807, 2.05) is 0 Å². The first kappa shape index (κ1) is 14.7. The van der Waals surface area contributed by atoms with Crippen LogP contribution in [0.25, 0.3) is 0 Å². The van der Waals surface area contributed by atoms with Gasteiger partial charge in [0.05, 0.1) is 0 Å². The molecule has 17 heavy (non-hydrogen) atoms. The van der Waals surface area contributed by atoms with Gasteiger partial charge in [0, 0.05) is 11.5 Å². The first-order valence-corrected chi connectivity index (χ1v) is 7.98. The third-order valence-corrected chi connectivity index (χ3v) is 4.69.